The van der Waals surface area contributed by atoms with Gasteiger partial charge < -0.3 is 40.0 Å². The molecule has 4 aromatic rings. The van der Waals surface area contributed by atoms with Crippen LogP contribution in [-0.4, -0.2) is 114 Å². The Hall–Kier alpha value is -5.22. The van der Waals surface area contributed by atoms with Crippen LogP contribution in [0.15, 0.2) is 90.4 Å². The van der Waals surface area contributed by atoms with Crippen molar-refractivity contribution in [2.24, 2.45) is 17.8 Å². The quantitative estimate of drug-likeness (QED) is 0.0653. The highest BCUT2D eigenvalue weighted by Crippen LogP contribution is 2.44. The topological polar surface area (TPSA) is 151 Å². The van der Waals surface area contributed by atoms with E-state index in [0.29, 0.717) is 24.4 Å². The molecule has 1 saturated heterocycles. The van der Waals surface area contributed by atoms with Crippen molar-refractivity contribution in [3.8, 4) is 11.1 Å². The molecule has 3 aromatic carbocycles. The van der Waals surface area contributed by atoms with Gasteiger partial charge in [0.2, 0.25) is 17.7 Å². The number of alkyl carbamates (subject to hydrolysis) is 1. The molecule has 69 heavy (non-hydrogen) atoms. The molecule has 15 heteroatoms. The summed E-state index contributed by atoms with van der Waals surface area (Å²) in [5.74, 6) is -1.71. The summed E-state index contributed by atoms with van der Waals surface area (Å²) in [6.07, 6.45) is 3.05. The maximum Gasteiger partial charge on any atom is 0.408 e. The van der Waals surface area contributed by atoms with E-state index in [9.17, 15) is 19.2 Å². The number of methoxy groups -OCH3 is 2. The van der Waals surface area contributed by atoms with Crippen LogP contribution < -0.4 is 16.0 Å². The number of thiazole rings is 1. The van der Waals surface area contributed by atoms with Gasteiger partial charge in [0.25, 0.3) is 0 Å². The van der Waals surface area contributed by atoms with Gasteiger partial charge in [-0.3, -0.25) is 14.4 Å². The van der Waals surface area contributed by atoms with Crippen LogP contribution in [0.2, 0.25) is 0 Å². The molecule has 1 aliphatic heterocycles. The number of benzene rings is 3. The molecule has 8 atom stereocenters. The van der Waals surface area contributed by atoms with Gasteiger partial charge in [-0.15, -0.1) is 11.3 Å². The maximum atomic E-state index is 14.6. The smallest absolute Gasteiger partial charge is 0.408 e. The number of likely N-dealkylation sites (tertiary alicyclic amines) is 1. The van der Waals surface area contributed by atoms with E-state index in [1.807, 2.05) is 99.5 Å². The van der Waals surface area contributed by atoms with Crippen LogP contribution in [0.1, 0.15) is 108 Å². The lowest BCUT2D eigenvalue weighted by Gasteiger charge is -2.41. The van der Waals surface area contributed by atoms with Gasteiger partial charge in [0.05, 0.1) is 41.7 Å². The molecule has 0 spiro atoms. The molecule has 0 saturated carbocycles. The number of fused-ring (bicyclic) bond motifs is 3. The van der Waals surface area contributed by atoms with Crippen molar-refractivity contribution in [3.63, 3.8) is 0 Å². The summed E-state index contributed by atoms with van der Waals surface area (Å²) >= 11 is 7.66. The van der Waals surface area contributed by atoms with Crippen LogP contribution >= 0.6 is 23.6 Å². The SMILES string of the molecule is CC[C@H](C)[C@@H]([C@@H](CC(=O)N1CCC[C@H]1[C@H](OC)[C@@H](C)C(=S)N[C@@H](Cc1ccccc1)c1nccs1)OC)N(C)C(=O)[C@@H](NC(=O)C(C)(C)NC(=O)OCC1c2ccccc2-c2ccccc21)C(C)C. The fourth-order valence-electron chi connectivity index (χ4n) is 10.1. The van der Waals surface area contributed by atoms with Crippen LogP contribution in [0.25, 0.3) is 11.1 Å². The summed E-state index contributed by atoms with van der Waals surface area (Å²) in [7, 11) is 4.96. The summed E-state index contributed by atoms with van der Waals surface area (Å²) < 4.78 is 18.1. The second-order valence-corrected chi connectivity index (χ2v) is 20.8. The zero-order valence-corrected chi connectivity index (χ0v) is 43.5. The molecule has 0 radical (unpaired) electrons. The van der Waals surface area contributed by atoms with Gasteiger partial charge in [-0.2, -0.15) is 0 Å². The summed E-state index contributed by atoms with van der Waals surface area (Å²) in [5.41, 5.74) is 4.13. The molecule has 2 heterocycles. The highest BCUT2D eigenvalue weighted by Gasteiger charge is 2.43. The number of carbonyl (C=O) groups is 4. The largest absolute Gasteiger partial charge is 0.449 e. The molecule has 0 bridgehead atoms. The Kier molecular flexibility index (Phi) is 18.5. The lowest BCUT2D eigenvalue weighted by Crippen LogP contribution is -2.62. The van der Waals surface area contributed by atoms with Gasteiger partial charge in [0.1, 0.15) is 23.2 Å². The maximum absolute atomic E-state index is 14.6. The molecule has 1 fully saturated rings. The normalized spacial score (nSPS) is 17.7. The monoisotopic (exact) mass is 980 g/mol. The minimum absolute atomic E-state index is 0.0339. The number of ether oxygens (including phenoxy) is 3. The molecular weight excluding hydrogens is 909 g/mol. The molecule has 1 aromatic heterocycles. The van der Waals surface area contributed by atoms with Gasteiger partial charge in [-0.25, -0.2) is 9.78 Å². The Morgan fingerprint density at radius 3 is 2.13 bits per heavy atom. The Morgan fingerprint density at radius 1 is 0.913 bits per heavy atom. The van der Waals surface area contributed by atoms with E-state index in [2.05, 4.69) is 45.2 Å². The van der Waals surface area contributed by atoms with Gasteiger partial charge in [-0.1, -0.05) is 132 Å². The van der Waals surface area contributed by atoms with Crippen LogP contribution in [0.5, 0.6) is 0 Å². The average molecular weight is 981 g/mol. The first kappa shape index (κ1) is 53.1. The van der Waals surface area contributed by atoms with Gasteiger partial charge in [0.15, 0.2) is 0 Å². The molecule has 0 unspecified atom stereocenters. The predicted molar refractivity (Wildman–Crippen MR) is 276 cm³/mol. The van der Waals surface area contributed by atoms with Crippen LogP contribution in [-0.2, 0) is 35.0 Å². The van der Waals surface area contributed by atoms with Crippen molar-refractivity contribution >= 4 is 52.4 Å². The number of thiocarbonyl (C=S) groups is 1. The Labute approximate surface area is 418 Å². The third-order valence-electron chi connectivity index (χ3n) is 14.2. The van der Waals surface area contributed by atoms with Gasteiger partial charge in [0, 0.05) is 51.2 Å². The number of hydrogen-bond acceptors (Lipinski definition) is 10. The number of amides is 4. The fourth-order valence-corrected chi connectivity index (χ4v) is 11.0. The van der Waals surface area contributed by atoms with Crippen molar-refractivity contribution in [1.29, 1.82) is 0 Å². The van der Waals surface area contributed by atoms with Crippen molar-refractivity contribution in [1.82, 2.24) is 30.7 Å². The van der Waals surface area contributed by atoms with Crippen LogP contribution in [0.3, 0.4) is 0 Å². The van der Waals surface area contributed by atoms with E-state index in [4.69, 9.17) is 26.4 Å². The van der Waals surface area contributed by atoms with Gasteiger partial charge >= 0.3 is 6.09 Å². The molecule has 6 rings (SSSR count). The molecular formula is C54H72N6O7S2. The van der Waals surface area contributed by atoms with Crippen LogP contribution in [0.4, 0.5) is 4.79 Å². The van der Waals surface area contributed by atoms with Crippen molar-refractivity contribution in [3.05, 3.63) is 112 Å². The predicted octanol–water partition coefficient (Wildman–Crippen LogP) is 8.72. The minimum atomic E-state index is -1.43. The number of nitrogens with one attached hydrogen (secondary N) is 3. The first-order valence-corrected chi connectivity index (χ1v) is 25.6. The Bertz CT molecular complexity index is 2320. The van der Waals surface area contributed by atoms with Crippen molar-refractivity contribution in [2.75, 3.05) is 34.4 Å². The van der Waals surface area contributed by atoms with E-state index < -0.39 is 35.7 Å². The number of hydrogen-bond donors (Lipinski definition) is 3. The summed E-state index contributed by atoms with van der Waals surface area (Å²) in [6, 6.07) is 24.6. The number of rotatable bonds is 22. The highest BCUT2D eigenvalue weighted by atomic mass is 32.1. The number of nitrogens with zero attached hydrogens (tertiary/aromatic N) is 3. The highest BCUT2D eigenvalue weighted by molar-refractivity contribution is 7.80. The van der Waals surface area contributed by atoms with E-state index in [-0.39, 0.29) is 66.7 Å². The lowest BCUT2D eigenvalue weighted by molar-refractivity contribution is -0.147. The van der Waals surface area contributed by atoms with E-state index >= 15 is 0 Å². The van der Waals surface area contributed by atoms with Gasteiger partial charge in [-0.05, 0) is 72.8 Å². The third-order valence-corrected chi connectivity index (χ3v) is 15.5. The lowest BCUT2D eigenvalue weighted by atomic mass is 9.89. The van der Waals surface area contributed by atoms with Crippen molar-refractivity contribution < 1.29 is 33.4 Å². The first-order valence-electron chi connectivity index (χ1n) is 24.3. The molecule has 372 valence electrons. The Balaban J connectivity index is 1.09. The standard InChI is InChI=1S/C54H72N6O7S2/c1-11-34(4)47(44(65-9)31-45(61)60-28-19-26-43(60)48(66-10)35(5)49(68)56-42(50-55-27-29-69-50)30-36-20-13-12-14-21-36)59(8)51(62)46(33(2)3)57-52(63)54(6,7)58-53(64)67-32-41-39-24-17-15-22-37(39)38-23-16-18-25-40(38)41/h12-18,20-25,27,29,33-35,41-44,46-48H,11,19,26,28,30-32H2,1-10H3,(H,56,68)(H,57,63)(H,58,64)/t34-,35+,42-,43-,44+,46-,47-,48+/m0/s1. The molecule has 2 aliphatic rings. The second kappa shape index (κ2) is 24.1. The number of likely N-dealkylation sites (N-methyl/N-ethyl adjacent to an activating group) is 1. The average Bonchev–Trinajstić information content (AvgIpc) is 4.13. The van der Waals surface area contributed by atoms with Crippen LogP contribution in [0, 0.1) is 17.8 Å². The van der Waals surface area contributed by atoms with Crippen molar-refractivity contribution in [2.45, 2.75) is 128 Å². The number of carbonyl (C=O) groups excluding carboxylic acids is 4. The summed E-state index contributed by atoms with van der Waals surface area (Å²) in [4.78, 5) is 65.3. The molecule has 13 nitrogen and oxygen atoms in total. The fraction of sp³-hybridized carbons (Fsp3) is 0.519. The number of aromatic nitrogens is 1. The third kappa shape index (κ3) is 12.6. The molecule has 1 aliphatic carbocycles. The molecule has 4 amide bonds. The zero-order chi connectivity index (χ0) is 50.0. The van der Waals surface area contributed by atoms with E-state index in [0.717, 1.165) is 40.1 Å². The van der Waals surface area contributed by atoms with E-state index in [1.54, 1.807) is 57.5 Å². The first-order chi connectivity index (χ1) is 33.0. The summed E-state index contributed by atoms with van der Waals surface area (Å²) in [6.45, 7) is 13.7. The zero-order valence-electron chi connectivity index (χ0n) is 41.9. The van der Waals surface area contributed by atoms with E-state index in [1.165, 1.54) is 5.56 Å². The second-order valence-electron chi connectivity index (χ2n) is 19.5. The minimum Gasteiger partial charge on any atom is -0.449 e. The molecule has 3 N–H and O–H groups in total. The Morgan fingerprint density at radius 2 is 1.55 bits per heavy atom. The summed E-state index contributed by atoms with van der Waals surface area (Å²) in [5, 5.41) is 12.2.